The van der Waals surface area contributed by atoms with Crippen molar-refractivity contribution in [3.05, 3.63) is 23.4 Å². The lowest BCUT2D eigenvalue weighted by atomic mass is 10.1. The van der Waals surface area contributed by atoms with Gasteiger partial charge in [-0.1, -0.05) is 6.07 Å². The molecule has 17 heavy (non-hydrogen) atoms. The van der Waals surface area contributed by atoms with Crippen LogP contribution in [0.3, 0.4) is 0 Å². The van der Waals surface area contributed by atoms with Crippen LogP contribution in [0.2, 0.25) is 0 Å². The molecule has 0 spiro atoms. The quantitative estimate of drug-likeness (QED) is 0.827. The molecule has 90 valence electrons. The van der Waals surface area contributed by atoms with E-state index in [2.05, 4.69) is 10.3 Å². The molecule has 1 aromatic rings. The van der Waals surface area contributed by atoms with Crippen LogP contribution >= 0.6 is 0 Å². The number of aryl methyl sites for hydroxylation is 2. The first-order valence-corrected chi connectivity index (χ1v) is 5.64. The second-order valence-electron chi connectivity index (χ2n) is 4.15. The lowest BCUT2D eigenvalue weighted by Gasteiger charge is -2.07. The van der Waals surface area contributed by atoms with Crippen LogP contribution in [0.5, 0.6) is 0 Å². The van der Waals surface area contributed by atoms with Crippen LogP contribution in [-0.2, 0) is 22.4 Å². The number of aromatic nitrogens is 1. The van der Waals surface area contributed by atoms with Gasteiger partial charge in [-0.3, -0.25) is 9.59 Å². The molecule has 0 unspecified atom stereocenters. The fraction of sp³-hybridized carbons (Fsp3) is 0.417. The Balaban J connectivity index is 2.15. The van der Waals surface area contributed by atoms with Gasteiger partial charge in [0.15, 0.2) is 0 Å². The van der Waals surface area contributed by atoms with Gasteiger partial charge in [0.1, 0.15) is 5.82 Å². The van der Waals surface area contributed by atoms with Crippen LogP contribution in [0.15, 0.2) is 12.3 Å². The molecule has 0 bridgehead atoms. The van der Waals surface area contributed by atoms with Gasteiger partial charge < -0.3 is 10.4 Å². The summed E-state index contributed by atoms with van der Waals surface area (Å²) in [6.07, 6.45) is 4.34. The first kappa shape index (κ1) is 11.6. The molecule has 0 saturated heterocycles. The molecule has 0 aliphatic carbocycles. The van der Waals surface area contributed by atoms with E-state index in [1.807, 2.05) is 6.07 Å². The number of amides is 1. The maximum absolute atomic E-state index is 11.3. The van der Waals surface area contributed by atoms with Crippen LogP contribution in [0.1, 0.15) is 30.4 Å². The second kappa shape index (κ2) is 4.95. The number of carboxylic acid groups (broad SMARTS) is 1. The number of rotatable bonds is 3. The Morgan fingerprint density at radius 3 is 3.06 bits per heavy atom. The highest BCUT2D eigenvalue weighted by molar-refractivity contribution is 5.91. The summed E-state index contributed by atoms with van der Waals surface area (Å²) in [5.41, 5.74) is 1.90. The molecule has 0 aromatic carbocycles. The van der Waals surface area contributed by atoms with Gasteiger partial charge in [-0.25, -0.2) is 4.98 Å². The average Bonchev–Trinajstić information content (AvgIpc) is 2.46. The van der Waals surface area contributed by atoms with E-state index in [1.165, 1.54) is 0 Å². The Bertz CT molecular complexity index is 457. The maximum Gasteiger partial charge on any atom is 0.303 e. The third-order valence-corrected chi connectivity index (χ3v) is 2.76. The first-order valence-electron chi connectivity index (χ1n) is 5.64. The number of hydrogen-bond acceptors (Lipinski definition) is 3. The molecule has 1 aromatic heterocycles. The molecule has 0 radical (unpaired) electrons. The standard InChI is InChI=1S/C12H14N2O3/c15-10-3-1-2-9-6-8(4-5-11(16)17)7-13-12(9)14-10/h6-7H,1-5H2,(H,16,17)(H,13,14,15). The Morgan fingerprint density at radius 1 is 1.47 bits per heavy atom. The van der Waals surface area contributed by atoms with Gasteiger partial charge in [0.05, 0.1) is 0 Å². The molecule has 5 nitrogen and oxygen atoms in total. The number of nitrogens with zero attached hydrogens (tertiary/aromatic N) is 1. The molecule has 0 saturated carbocycles. The van der Waals surface area contributed by atoms with Crippen molar-refractivity contribution in [1.82, 2.24) is 4.98 Å². The summed E-state index contributed by atoms with van der Waals surface area (Å²) in [4.78, 5) is 26.0. The number of carbonyl (C=O) groups excluding carboxylic acids is 1. The average molecular weight is 234 g/mol. The minimum atomic E-state index is -0.812. The van der Waals surface area contributed by atoms with Gasteiger partial charge in [0, 0.05) is 19.0 Å². The van der Waals surface area contributed by atoms with Crippen LogP contribution in [0, 0.1) is 0 Å². The number of carboxylic acids is 1. The lowest BCUT2D eigenvalue weighted by Crippen LogP contribution is -2.10. The zero-order chi connectivity index (χ0) is 12.3. The molecule has 2 heterocycles. The molecule has 1 aliphatic rings. The number of aliphatic carboxylic acids is 1. The Hall–Kier alpha value is -1.91. The van der Waals surface area contributed by atoms with E-state index >= 15 is 0 Å². The van der Waals surface area contributed by atoms with Crippen molar-refractivity contribution in [3.63, 3.8) is 0 Å². The smallest absolute Gasteiger partial charge is 0.303 e. The zero-order valence-electron chi connectivity index (χ0n) is 9.40. The summed E-state index contributed by atoms with van der Waals surface area (Å²) >= 11 is 0. The largest absolute Gasteiger partial charge is 0.481 e. The van der Waals surface area contributed by atoms with E-state index in [1.54, 1.807) is 6.20 Å². The summed E-state index contributed by atoms with van der Waals surface area (Å²) in [6.45, 7) is 0. The molecular weight excluding hydrogens is 220 g/mol. The SMILES string of the molecule is O=C(O)CCc1cnc2c(c1)CCCC(=O)N2. The lowest BCUT2D eigenvalue weighted by molar-refractivity contribution is -0.137. The molecule has 2 N–H and O–H groups in total. The van der Waals surface area contributed by atoms with Gasteiger partial charge >= 0.3 is 5.97 Å². The van der Waals surface area contributed by atoms with E-state index in [0.29, 0.717) is 18.7 Å². The van der Waals surface area contributed by atoms with E-state index < -0.39 is 5.97 Å². The van der Waals surface area contributed by atoms with Gasteiger partial charge in [-0.2, -0.15) is 0 Å². The van der Waals surface area contributed by atoms with Gasteiger partial charge in [-0.15, -0.1) is 0 Å². The van der Waals surface area contributed by atoms with Crippen molar-refractivity contribution < 1.29 is 14.7 Å². The summed E-state index contributed by atoms with van der Waals surface area (Å²) < 4.78 is 0. The normalized spacial score (nSPS) is 14.7. The number of nitrogens with one attached hydrogen (secondary N) is 1. The third kappa shape index (κ3) is 3.03. The number of pyridine rings is 1. The number of carbonyl (C=O) groups is 2. The fourth-order valence-corrected chi connectivity index (χ4v) is 1.88. The molecular formula is C12H14N2O3. The fourth-order valence-electron chi connectivity index (χ4n) is 1.88. The van der Waals surface area contributed by atoms with Crippen molar-refractivity contribution in [3.8, 4) is 0 Å². The monoisotopic (exact) mass is 234 g/mol. The molecule has 1 amide bonds. The summed E-state index contributed by atoms with van der Waals surface area (Å²) in [5.74, 6) is -0.200. The predicted molar refractivity (Wildman–Crippen MR) is 61.8 cm³/mol. The minimum absolute atomic E-state index is 0.00506. The van der Waals surface area contributed by atoms with Crippen LogP contribution in [0.4, 0.5) is 5.82 Å². The van der Waals surface area contributed by atoms with Crippen LogP contribution in [0.25, 0.3) is 0 Å². The van der Waals surface area contributed by atoms with E-state index in [0.717, 1.165) is 24.0 Å². The molecule has 0 fully saturated rings. The van der Waals surface area contributed by atoms with E-state index in [-0.39, 0.29) is 12.3 Å². The first-order chi connectivity index (χ1) is 8.15. The third-order valence-electron chi connectivity index (χ3n) is 2.76. The minimum Gasteiger partial charge on any atom is -0.481 e. The number of anilines is 1. The maximum atomic E-state index is 11.3. The van der Waals surface area contributed by atoms with Gasteiger partial charge in [-0.05, 0) is 30.4 Å². The highest BCUT2D eigenvalue weighted by Gasteiger charge is 2.14. The van der Waals surface area contributed by atoms with Crippen molar-refractivity contribution in [2.24, 2.45) is 0 Å². The molecule has 1 aliphatic heterocycles. The van der Waals surface area contributed by atoms with Crippen molar-refractivity contribution in [2.75, 3.05) is 5.32 Å². The van der Waals surface area contributed by atoms with Crippen molar-refractivity contribution in [1.29, 1.82) is 0 Å². The highest BCUT2D eigenvalue weighted by Crippen LogP contribution is 2.21. The molecule has 5 heteroatoms. The Kier molecular flexibility index (Phi) is 3.37. The van der Waals surface area contributed by atoms with Gasteiger partial charge in [0.25, 0.3) is 0 Å². The van der Waals surface area contributed by atoms with Crippen molar-refractivity contribution >= 4 is 17.7 Å². The summed E-state index contributed by atoms with van der Waals surface area (Å²) in [5, 5.41) is 11.4. The van der Waals surface area contributed by atoms with E-state index in [9.17, 15) is 9.59 Å². The second-order valence-corrected chi connectivity index (χ2v) is 4.15. The summed E-state index contributed by atoms with van der Waals surface area (Å²) in [7, 11) is 0. The Morgan fingerprint density at radius 2 is 2.29 bits per heavy atom. The van der Waals surface area contributed by atoms with Crippen LogP contribution < -0.4 is 5.32 Å². The zero-order valence-corrected chi connectivity index (χ0v) is 9.40. The predicted octanol–water partition coefficient (Wildman–Crippen LogP) is 1.37. The Labute approximate surface area is 98.9 Å². The topological polar surface area (TPSA) is 79.3 Å². The highest BCUT2D eigenvalue weighted by atomic mass is 16.4. The molecule has 2 rings (SSSR count). The molecule has 0 atom stereocenters. The van der Waals surface area contributed by atoms with Crippen molar-refractivity contribution in [2.45, 2.75) is 32.1 Å². The number of fused-ring (bicyclic) bond motifs is 1. The number of hydrogen-bond donors (Lipinski definition) is 2. The van der Waals surface area contributed by atoms with Crippen LogP contribution in [-0.4, -0.2) is 22.0 Å². The van der Waals surface area contributed by atoms with E-state index in [4.69, 9.17) is 5.11 Å². The van der Waals surface area contributed by atoms with Gasteiger partial charge in [0.2, 0.25) is 5.91 Å². The summed E-state index contributed by atoms with van der Waals surface area (Å²) in [6, 6.07) is 1.94.